The van der Waals surface area contributed by atoms with Gasteiger partial charge in [0.05, 0.1) is 28.8 Å². The lowest BCUT2D eigenvalue weighted by Gasteiger charge is -2.01. The molecule has 0 fully saturated rings. The van der Waals surface area contributed by atoms with Crippen molar-refractivity contribution in [1.29, 1.82) is 0 Å². The van der Waals surface area contributed by atoms with Crippen LogP contribution in [0.5, 0.6) is 0 Å². The third-order valence-corrected chi connectivity index (χ3v) is 4.41. The molecule has 1 aromatic carbocycles. The average Bonchev–Trinajstić information content (AvgIpc) is 3.17. The van der Waals surface area contributed by atoms with Crippen molar-refractivity contribution in [3.05, 3.63) is 46.9 Å². The standard InChI is InChI=1S/C14H10N2O2S2/c1-18-14(17)10-4-2-3-9(5-10)13-16-11(7-19-13)12-6-15-8-20-12/h2-8H,1H3. The van der Waals surface area contributed by atoms with E-state index in [0.29, 0.717) is 5.56 Å². The summed E-state index contributed by atoms with van der Waals surface area (Å²) >= 11 is 3.10. The molecule has 0 atom stereocenters. The summed E-state index contributed by atoms with van der Waals surface area (Å²) in [6, 6.07) is 7.28. The Morgan fingerprint density at radius 1 is 1.30 bits per heavy atom. The fraction of sp³-hybridized carbons (Fsp3) is 0.0714. The van der Waals surface area contributed by atoms with E-state index in [0.717, 1.165) is 21.1 Å². The molecule has 0 aliphatic heterocycles. The summed E-state index contributed by atoms with van der Waals surface area (Å²) in [6.07, 6.45) is 1.80. The van der Waals surface area contributed by atoms with Gasteiger partial charge in [0.2, 0.25) is 0 Å². The van der Waals surface area contributed by atoms with Crippen molar-refractivity contribution >= 4 is 28.6 Å². The van der Waals surface area contributed by atoms with Crippen LogP contribution in [0, 0.1) is 0 Å². The van der Waals surface area contributed by atoms with Crippen molar-refractivity contribution in [2.24, 2.45) is 0 Å². The lowest BCUT2D eigenvalue weighted by Crippen LogP contribution is -2.00. The maximum atomic E-state index is 11.5. The van der Waals surface area contributed by atoms with Gasteiger partial charge in [-0.1, -0.05) is 12.1 Å². The molecule has 2 aromatic heterocycles. The van der Waals surface area contributed by atoms with Gasteiger partial charge in [-0.3, -0.25) is 4.98 Å². The molecule has 0 bridgehead atoms. The summed E-state index contributed by atoms with van der Waals surface area (Å²) in [7, 11) is 1.38. The molecular weight excluding hydrogens is 292 g/mol. The molecule has 3 aromatic rings. The molecule has 0 aliphatic rings. The van der Waals surface area contributed by atoms with Crippen molar-refractivity contribution in [2.75, 3.05) is 7.11 Å². The summed E-state index contributed by atoms with van der Waals surface area (Å²) in [5, 5.41) is 2.87. The Morgan fingerprint density at radius 3 is 2.95 bits per heavy atom. The minimum atomic E-state index is -0.342. The van der Waals surface area contributed by atoms with Gasteiger partial charge >= 0.3 is 5.97 Å². The molecular formula is C14H10N2O2S2. The summed E-state index contributed by atoms with van der Waals surface area (Å²) < 4.78 is 4.73. The van der Waals surface area contributed by atoms with Crippen LogP contribution in [-0.2, 0) is 4.74 Å². The molecule has 6 heteroatoms. The minimum Gasteiger partial charge on any atom is -0.465 e. The number of hydrogen-bond acceptors (Lipinski definition) is 6. The number of esters is 1. The minimum absolute atomic E-state index is 0.342. The molecule has 3 rings (SSSR count). The smallest absolute Gasteiger partial charge is 0.337 e. The second kappa shape index (κ2) is 5.52. The SMILES string of the molecule is COC(=O)c1cccc(-c2nc(-c3cncs3)cs2)c1. The van der Waals surface area contributed by atoms with Crippen LogP contribution in [0.25, 0.3) is 21.1 Å². The Labute approximate surface area is 123 Å². The largest absolute Gasteiger partial charge is 0.465 e. The van der Waals surface area contributed by atoms with Crippen LogP contribution >= 0.6 is 22.7 Å². The van der Waals surface area contributed by atoms with E-state index in [-0.39, 0.29) is 5.97 Å². The van der Waals surface area contributed by atoms with E-state index in [9.17, 15) is 4.79 Å². The highest BCUT2D eigenvalue weighted by Gasteiger charge is 2.10. The second-order valence-corrected chi connectivity index (χ2v) is 5.72. The zero-order valence-corrected chi connectivity index (χ0v) is 12.2. The molecule has 0 amide bonds. The van der Waals surface area contributed by atoms with E-state index in [1.54, 1.807) is 46.5 Å². The predicted molar refractivity (Wildman–Crippen MR) is 80.0 cm³/mol. The van der Waals surface area contributed by atoms with Crippen LogP contribution in [0.15, 0.2) is 41.4 Å². The van der Waals surface area contributed by atoms with Gasteiger partial charge in [-0.05, 0) is 12.1 Å². The van der Waals surface area contributed by atoms with Crippen molar-refractivity contribution in [2.45, 2.75) is 0 Å². The topological polar surface area (TPSA) is 52.1 Å². The Morgan fingerprint density at radius 2 is 2.20 bits per heavy atom. The summed E-state index contributed by atoms with van der Waals surface area (Å²) in [4.78, 5) is 21.2. The average molecular weight is 302 g/mol. The Balaban J connectivity index is 1.95. The fourth-order valence-corrected chi connectivity index (χ4v) is 3.23. The lowest BCUT2D eigenvalue weighted by molar-refractivity contribution is 0.0601. The van der Waals surface area contributed by atoms with E-state index in [1.165, 1.54) is 7.11 Å². The van der Waals surface area contributed by atoms with Crippen LogP contribution in [0.1, 0.15) is 10.4 Å². The maximum Gasteiger partial charge on any atom is 0.337 e. The van der Waals surface area contributed by atoms with Gasteiger partial charge in [0, 0.05) is 17.1 Å². The number of benzene rings is 1. The lowest BCUT2D eigenvalue weighted by atomic mass is 10.1. The second-order valence-electron chi connectivity index (χ2n) is 3.98. The van der Waals surface area contributed by atoms with E-state index < -0.39 is 0 Å². The first-order valence-electron chi connectivity index (χ1n) is 5.81. The summed E-state index contributed by atoms with van der Waals surface area (Å²) in [5.41, 5.74) is 4.14. The first-order valence-corrected chi connectivity index (χ1v) is 7.57. The molecule has 0 radical (unpaired) electrons. The van der Waals surface area contributed by atoms with Crippen molar-refractivity contribution in [1.82, 2.24) is 9.97 Å². The molecule has 20 heavy (non-hydrogen) atoms. The molecule has 0 unspecified atom stereocenters. The van der Waals surface area contributed by atoms with Crippen LogP contribution in [-0.4, -0.2) is 23.0 Å². The Bertz CT molecular complexity index is 735. The number of methoxy groups -OCH3 is 1. The summed E-state index contributed by atoms with van der Waals surface area (Å²) in [6.45, 7) is 0. The van der Waals surface area contributed by atoms with Crippen LogP contribution in [0.4, 0.5) is 0 Å². The van der Waals surface area contributed by atoms with Gasteiger partial charge in [-0.2, -0.15) is 0 Å². The highest BCUT2D eigenvalue weighted by Crippen LogP contribution is 2.30. The highest BCUT2D eigenvalue weighted by atomic mass is 32.1. The molecule has 100 valence electrons. The number of thiazole rings is 2. The third kappa shape index (κ3) is 2.48. The van der Waals surface area contributed by atoms with Gasteiger partial charge in [0.15, 0.2) is 0 Å². The summed E-state index contributed by atoms with van der Waals surface area (Å²) in [5.74, 6) is -0.342. The fourth-order valence-electron chi connectivity index (χ4n) is 1.76. The van der Waals surface area contributed by atoms with Crippen LogP contribution < -0.4 is 0 Å². The number of hydrogen-bond donors (Lipinski definition) is 0. The number of carbonyl (C=O) groups excluding carboxylic acids is 1. The molecule has 2 heterocycles. The van der Waals surface area contributed by atoms with Crippen molar-refractivity contribution in [3.8, 4) is 21.1 Å². The molecule has 0 aliphatic carbocycles. The number of nitrogens with zero attached hydrogens (tertiary/aromatic N) is 2. The Kier molecular flexibility index (Phi) is 3.58. The van der Waals surface area contributed by atoms with Crippen molar-refractivity contribution in [3.63, 3.8) is 0 Å². The van der Waals surface area contributed by atoms with E-state index in [1.807, 2.05) is 17.5 Å². The maximum absolute atomic E-state index is 11.5. The first-order chi connectivity index (χ1) is 9.78. The molecule has 0 N–H and O–H groups in total. The number of rotatable bonds is 3. The molecule has 0 saturated heterocycles. The van der Waals surface area contributed by atoms with E-state index in [4.69, 9.17) is 4.74 Å². The normalized spacial score (nSPS) is 10.4. The van der Waals surface area contributed by atoms with Crippen molar-refractivity contribution < 1.29 is 9.53 Å². The molecule has 4 nitrogen and oxygen atoms in total. The van der Waals surface area contributed by atoms with Crippen LogP contribution in [0.3, 0.4) is 0 Å². The Hall–Kier alpha value is -2.05. The van der Waals surface area contributed by atoms with E-state index in [2.05, 4.69) is 9.97 Å². The van der Waals surface area contributed by atoms with Gasteiger partial charge < -0.3 is 4.74 Å². The number of ether oxygens (including phenoxy) is 1. The molecule has 0 spiro atoms. The quantitative estimate of drug-likeness (QED) is 0.692. The van der Waals surface area contributed by atoms with Gasteiger partial charge in [0.1, 0.15) is 5.01 Å². The van der Waals surface area contributed by atoms with Gasteiger partial charge in [-0.25, -0.2) is 9.78 Å². The van der Waals surface area contributed by atoms with Gasteiger partial charge in [0.25, 0.3) is 0 Å². The predicted octanol–water partition coefficient (Wildman–Crippen LogP) is 3.72. The number of aromatic nitrogens is 2. The van der Waals surface area contributed by atoms with Gasteiger partial charge in [-0.15, -0.1) is 22.7 Å². The highest BCUT2D eigenvalue weighted by molar-refractivity contribution is 7.15. The van der Waals surface area contributed by atoms with Crippen LogP contribution in [0.2, 0.25) is 0 Å². The zero-order valence-electron chi connectivity index (χ0n) is 10.6. The zero-order chi connectivity index (χ0) is 13.9. The number of carbonyl (C=O) groups is 1. The first kappa shape index (κ1) is 13.0. The third-order valence-electron chi connectivity index (χ3n) is 2.72. The van der Waals surface area contributed by atoms with E-state index >= 15 is 0 Å². The molecule has 0 saturated carbocycles. The monoisotopic (exact) mass is 302 g/mol.